The molecule has 17 heavy (non-hydrogen) atoms. The molecular formula is C11H12Cl2N4. The van der Waals surface area contributed by atoms with Crippen LogP contribution in [0.3, 0.4) is 0 Å². The molecule has 2 aromatic heterocycles. The summed E-state index contributed by atoms with van der Waals surface area (Å²) < 4.78 is 1.58. The first kappa shape index (κ1) is 12.3. The minimum atomic E-state index is 0.356. The number of aryl methyl sites for hydroxylation is 1. The number of hydrogen-bond acceptors (Lipinski definition) is 3. The van der Waals surface area contributed by atoms with Crippen LogP contribution in [0, 0.1) is 0 Å². The average molecular weight is 271 g/mol. The number of rotatable bonds is 4. The summed E-state index contributed by atoms with van der Waals surface area (Å²) in [4.78, 5) is 8.17. The lowest BCUT2D eigenvalue weighted by atomic mass is 10.2. The molecule has 0 unspecified atom stereocenters. The molecule has 2 heterocycles. The van der Waals surface area contributed by atoms with E-state index in [0.717, 1.165) is 24.1 Å². The fourth-order valence-electron chi connectivity index (χ4n) is 1.59. The molecule has 0 saturated heterocycles. The summed E-state index contributed by atoms with van der Waals surface area (Å²) in [6.07, 6.45) is 6.68. The van der Waals surface area contributed by atoms with E-state index in [9.17, 15) is 0 Å². The van der Waals surface area contributed by atoms with E-state index in [0.29, 0.717) is 16.9 Å². The highest BCUT2D eigenvalue weighted by atomic mass is 35.5. The highest BCUT2D eigenvalue weighted by Gasteiger charge is 2.16. The molecule has 0 aromatic carbocycles. The first-order valence-corrected chi connectivity index (χ1v) is 6.27. The van der Waals surface area contributed by atoms with Crippen LogP contribution in [0.4, 0.5) is 0 Å². The maximum atomic E-state index is 6.25. The van der Waals surface area contributed by atoms with Gasteiger partial charge in [0.05, 0.1) is 17.8 Å². The zero-order chi connectivity index (χ0) is 12.3. The van der Waals surface area contributed by atoms with E-state index in [4.69, 9.17) is 23.2 Å². The van der Waals surface area contributed by atoms with Crippen molar-refractivity contribution in [3.63, 3.8) is 0 Å². The molecule has 0 saturated carbocycles. The molecular weight excluding hydrogens is 259 g/mol. The van der Waals surface area contributed by atoms with Gasteiger partial charge in [-0.15, -0.1) is 11.6 Å². The van der Waals surface area contributed by atoms with Crippen molar-refractivity contribution in [2.45, 2.75) is 25.6 Å². The molecule has 0 aliphatic carbocycles. The van der Waals surface area contributed by atoms with Gasteiger partial charge in [-0.25, -0.2) is 9.67 Å². The van der Waals surface area contributed by atoms with Gasteiger partial charge in [0.1, 0.15) is 5.15 Å². The van der Waals surface area contributed by atoms with Crippen LogP contribution in [-0.4, -0.2) is 19.7 Å². The smallest absolute Gasteiger partial charge is 0.173 e. The molecule has 0 spiro atoms. The summed E-state index contributed by atoms with van der Waals surface area (Å²) in [6, 6.07) is 0. The van der Waals surface area contributed by atoms with Gasteiger partial charge >= 0.3 is 0 Å². The van der Waals surface area contributed by atoms with Crippen molar-refractivity contribution >= 4 is 23.2 Å². The third-order valence-corrected chi connectivity index (χ3v) is 3.05. The van der Waals surface area contributed by atoms with Crippen LogP contribution >= 0.6 is 23.2 Å². The third kappa shape index (κ3) is 2.42. The monoisotopic (exact) mass is 270 g/mol. The summed E-state index contributed by atoms with van der Waals surface area (Å²) >= 11 is 12.1. The quantitative estimate of drug-likeness (QED) is 0.803. The highest BCUT2D eigenvalue weighted by molar-refractivity contribution is 6.31. The second-order valence-electron chi connectivity index (χ2n) is 3.58. The van der Waals surface area contributed by atoms with Crippen LogP contribution in [0.5, 0.6) is 0 Å². The Morgan fingerprint density at radius 2 is 2.18 bits per heavy atom. The minimum Gasteiger partial charge on any atom is -0.259 e. The summed E-state index contributed by atoms with van der Waals surface area (Å²) in [7, 11) is 0. The van der Waals surface area contributed by atoms with Crippen LogP contribution in [0.1, 0.15) is 24.6 Å². The van der Waals surface area contributed by atoms with Crippen molar-refractivity contribution in [2.75, 3.05) is 0 Å². The lowest BCUT2D eigenvalue weighted by Gasteiger charge is -2.00. The third-order valence-electron chi connectivity index (χ3n) is 2.39. The van der Waals surface area contributed by atoms with Crippen LogP contribution in [0.25, 0.3) is 5.82 Å². The Morgan fingerprint density at radius 3 is 2.76 bits per heavy atom. The summed E-state index contributed by atoms with van der Waals surface area (Å²) in [6.45, 7) is 2.09. The normalized spacial score (nSPS) is 10.8. The van der Waals surface area contributed by atoms with Crippen molar-refractivity contribution in [3.8, 4) is 5.82 Å². The van der Waals surface area contributed by atoms with Crippen molar-refractivity contribution in [1.82, 2.24) is 19.7 Å². The van der Waals surface area contributed by atoms with E-state index in [1.165, 1.54) is 0 Å². The molecule has 6 heteroatoms. The summed E-state index contributed by atoms with van der Waals surface area (Å²) in [5, 5.41) is 4.96. The molecule has 90 valence electrons. The van der Waals surface area contributed by atoms with E-state index in [2.05, 4.69) is 22.0 Å². The summed E-state index contributed by atoms with van der Waals surface area (Å²) in [5.74, 6) is 0.959. The second kappa shape index (κ2) is 5.47. The highest BCUT2D eigenvalue weighted by Crippen LogP contribution is 2.25. The first-order chi connectivity index (χ1) is 8.27. The van der Waals surface area contributed by atoms with Crippen LogP contribution in [0.15, 0.2) is 18.6 Å². The Labute approximate surface area is 110 Å². The van der Waals surface area contributed by atoms with Crippen LogP contribution in [0.2, 0.25) is 5.15 Å². The minimum absolute atomic E-state index is 0.356. The number of alkyl halides is 1. The number of hydrogen-bond donors (Lipinski definition) is 0. The number of halogens is 2. The average Bonchev–Trinajstić information content (AvgIpc) is 2.67. The van der Waals surface area contributed by atoms with Gasteiger partial charge in [-0.2, -0.15) is 5.10 Å². The van der Waals surface area contributed by atoms with E-state index >= 15 is 0 Å². The molecule has 0 N–H and O–H groups in total. The maximum absolute atomic E-state index is 6.25. The topological polar surface area (TPSA) is 43.6 Å². The molecule has 0 fully saturated rings. The van der Waals surface area contributed by atoms with E-state index in [1.807, 2.05) is 0 Å². The van der Waals surface area contributed by atoms with Gasteiger partial charge in [-0.05, 0) is 6.42 Å². The Hall–Kier alpha value is -1.13. The van der Waals surface area contributed by atoms with Crippen LogP contribution in [-0.2, 0) is 12.3 Å². The van der Waals surface area contributed by atoms with Gasteiger partial charge in [0.15, 0.2) is 5.82 Å². The lowest BCUT2D eigenvalue weighted by Crippen LogP contribution is -2.00. The summed E-state index contributed by atoms with van der Waals surface area (Å²) in [5.41, 5.74) is 1.80. The molecule has 2 rings (SSSR count). The van der Waals surface area contributed by atoms with E-state index in [1.54, 1.807) is 23.3 Å². The van der Waals surface area contributed by atoms with Crippen molar-refractivity contribution in [3.05, 3.63) is 35.0 Å². The largest absolute Gasteiger partial charge is 0.259 e. The fraction of sp³-hybridized carbons (Fsp3) is 0.364. The SMILES string of the molecule is CCCc1nn(-c2cnccn2)c(Cl)c1CCl. The molecule has 0 radical (unpaired) electrons. The molecule has 0 atom stereocenters. The van der Waals surface area contributed by atoms with Gasteiger partial charge in [0, 0.05) is 18.0 Å². The Bertz CT molecular complexity index is 496. The Morgan fingerprint density at radius 1 is 1.35 bits per heavy atom. The van der Waals surface area contributed by atoms with Gasteiger partial charge < -0.3 is 0 Å². The van der Waals surface area contributed by atoms with Crippen molar-refractivity contribution in [1.29, 1.82) is 0 Å². The zero-order valence-electron chi connectivity index (χ0n) is 9.40. The van der Waals surface area contributed by atoms with Gasteiger partial charge in [-0.1, -0.05) is 24.9 Å². The Kier molecular flexibility index (Phi) is 3.97. The van der Waals surface area contributed by atoms with E-state index < -0.39 is 0 Å². The predicted molar refractivity (Wildman–Crippen MR) is 67.7 cm³/mol. The van der Waals surface area contributed by atoms with Crippen LogP contribution < -0.4 is 0 Å². The predicted octanol–water partition coefficient (Wildman–Crippen LogP) is 3.01. The molecule has 0 aliphatic rings. The fourth-order valence-corrected chi connectivity index (χ4v) is 2.24. The lowest BCUT2D eigenvalue weighted by molar-refractivity contribution is 0.785. The molecule has 4 nitrogen and oxygen atoms in total. The van der Waals surface area contributed by atoms with E-state index in [-0.39, 0.29) is 0 Å². The number of nitrogens with zero attached hydrogens (tertiary/aromatic N) is 4. The maximum Gasteiger partial charge on any atom is 0.173 e. The first-order valence-electron chi connectivity index (χ1n) is 5.36. The van der Waals surface area contributed by atoms with Gasteiger partial charge in [-0.3, -0.25) is 4.98 Å². The Balaban J connectivity index is 2.49. The van der Waals surface area contributed by atoms with Gasteiger partial charge in [0.25, 0.3) is 0 Å². The number of aromatic nitrogens is 4. The van der Waals surface area contributed by atoms with Crippen molar-refractivity contribution in [2.24, 2.45) is 0 Å². The molecule has 2 aromatic rings. The molecule has 0 aliphatic heterocycles. The standard InChI is InChI=1S/C11H12Cl2N4/c1-2-3-9-8(6-12)11(13)17(16-9)10-7-14-4-5-15-10/h4-5,7H,2-3,6H2,1H3. The molecule has 0 bridgehead atoms. The molecule has 0 amide bonds. The zero-order valence-corrected chi connectivity index (χ0v) is 10.9. The van der Waals surface area contributed by atoms with Crippen molar-refractivity contribution < 1.29 is 0 Å². The second-order valence-corrected chi connectivity index (χ2v) is 4.20. The van der Waals surface area contributed by atoms with Gasteiger partial charge in [0.2, 0.25) is 0 Å².